The molecule has 220 valence electrons. The number of rotatable bonds is 6. The van der Waals surface area contributed by atoms with E-state index in [1.54, 1.807) is 0 Å². The van der Waals surface area contributed by atoms with Crippen molar-refractivity contribution in [2.75, 3.05) is 0 Å². The van der Waals surface area contributed by atoms with E-state index in [9.17, 15) is 0 Å². The van der Waals surface area contributed by atoms with E-state index in [0.29, 0.717) is 0 Å². The van der Waals surface area contributed by atoms with Crippen LogP contribution in [0.4, 0.5) is 0 Å². The summed E-state index contributed by atoms with van der Waals surface area (Å²) in [4.78, 5) is 0. The quantitative estimate of drug-likeness (QED) is 0.168. The molecular weight excluding hydrogens is 631 g/mol. The molecule has 1 aliphatic rings. The van der Waals surface area contributed by atoms with Gasteiger partial charge in [-0.05, 0) is 121 Å². The standard InChI is InChI=1S/C39H46.2ClH.Zr/c1-9-15-26-17-11-13-19-30(26)34-22-28-21-29-23-35(31-20-14-12-18-27(31)16-10-2)37(39(6,7)8)25-33(29)32(28)24-36(34)38(3,4)5;;;/h11-14,17-20,22-25H,9-10,15-16,21H2,1-8H3;2*1H;/q;;;+2/p-2. The van der Waals surface area contributed by atoms with Crippen molar-refractivity contribution in [3.8, 4) is 33.4 Å². The molecule has 1 aliphatic carbocycles. The van der Waals surface area contributed by atoms with Gasteiger partial charge in [-0.25, -0.2) is 0 Å². The Kier molecular flexibility index (Phi) is 11.1. The average molecular weight is 677 g/mol. The Hall–Kier alpha value is -1.66. The molecule has 5 rings (SSSR count). The predicted octanol–water partition coefficient (Wildman–Crippen LogP) is 12.5. The summed E-state index contributed by atoms with van der Waals surface area (Å²) in [5, 5.41) is 0. The minimum atomic E-state index is -0.826. The van der Waals surface area contributed by atoms with E-state index < -0.39 is 20.8 Å². The molecular formula is C39H46Cl2Zr. The van der Waals surface area contributed by atoms with Gasteiger partial charge in [0, 0.05) is 0 Å². The van der Waals surface area contributed by atoms with Gasteiger partial charge in [0.1, 0.15) is 0 Å². The van der Waals surface area contributed by atoms with Gasteiger partial charge in [-0.1, -0.05) is 117 Å². The molecule has 0 nitrogen and oxygen atoms in total. The molecule has 3 heteroatoms. The maximum atomic E-state index is 4.93. The molecule has 0 radical (unpaired) electrons. The molecule has 4 aromatic carbocycles. The Labute approximate surface area is 273 Å². The van der Waals surface area contributed by atoms with Crippen LogP contribution >= 0.6 is 17.0 Å². The fourth-order valence-corrected chi connectivity index (χ4v) is 6.52. The summed E-state index contributed by atoms with van der Waals surface area (Å²) in [7, 11) is 9.87. The predicted molar refractivity (Wildman–Crippen MR) is 183 cm³/mol. The molecule has 0 amide bonds. The van der Waals surface area contributed by atoms with Gasteiger partial charge in [0.15, 0.2) is 0 Å². The summed E-state index contributed by atoms with van der Waals surface area (Å²) in [6.45, 7) is 18.8. The van der Waals surface area contributed by atoms with Crippen LogP contribution in [-0.2, 0) is 50.9 Å². The van der Waals surface area contributed by atoms with Crippen LogP contribution in [-0.4, -0.2) is 0 Å². The Morgan fingerprint density at radius 3 is 1.24 bits per heavy atom. The summed E-state index contributed by atoms with van der Waals surface area (Å²) >= 11 is -0.826. The number of hydrogen-bond donors (Lipinski definition) is 0. The van der Waals surface area contributed by atoms with Crippen molar-refractivity contribution in [1.82, 2.24) is 0 Å². The molecule has 0 saturated carbocycles. The molecule has 42 heavy (non-hydrogen) atoms. The number of benzene rings is 4. The van der Waals surface area contributed by atoms with Crippen molar-refractivity contribution in [1.29, 1.82) is 0 Å². The first kappa shape index (κ1) is 33.2. The second-order valence-corrected chi connectivity index (χ2v) is 17.4. The first-order valence-corrected chi connectivity index (χ1v) is 21.8. The molecule has 0 spiro atoms. The molecule has 0 atom stereocenters. The second kappa shape index (κ2) is 14.0. The summed E-state index contributed by atoms with van der Waals surface area (Å²) in [6, 6.07) is 28.3. The van der Waals surface area contributed by atoms with Gasteiger partial charge in [0.05, 0.1) is 0 Å². The second-order valence-electron chi connectivity index (χ2n) is 13.7. The summed E-state index contributed by atoms with van der Waals surface area (Å²) in [5.74, 6) is 0. The Balaban J connectivity index is 0.00000129. The molecule has 0 aliphatic heterocycles. The van der Waals surface area contributed by atoms with E-state index in [-0.39, 0.29) is 10.8 Å². The van der Waals surface area contributed by atoms with E-state index >= 15 is 0 Å². The summed E-state index contributed by atoms with van der Waals surface area (Å²) in [6.07, 6.45) is 5.57. The first-order valence-electron chi connectivity index (χ1n) is 15.4. The third-order valence-electron chi connectivity index (χ3n) is 8.43. The Morgan fingerprint density at radius 1 is 0.548 bits per heavy atom. The Bertz CT molecular complexity index is 1420. The van der Waals surface area contributed by atoms with Crippen LogP contribution in [0.25, 0.3) is 33.4 Å². The third kappa shape index (κ3) is 7.17. The molecule has 0 saturated heterocycles. The van der Waals surface area contributed by atoms with Crippen LogP contribution in [0.5, 0.6) is 0 Å². The zero-order valence-electron chi connectivity index (χ0n) is 26.7. The van der Waals surface area contributed by atoms with Gasteiger partial charge in [-0.15, -0.1) is 0 Å². The monoisotopic (exact) mass is 674 g/mol. The number of halogens is 2. The zero-order chi connectivity index (χ0) is 30.7. The SMILES string of the molecule is CCCc1ccccc1-c1cc2c(cc1C(C)(C)C)-c1cc(C(C)(C)C)c(-c3ccccc3CCC)cc1C2.[Cl][Zr][Cl]. The van der Waals surface area contributed by atoms with E-state index in [1.807, 2.05) is 0 Å². The van der Waals surface area contributed by atoms with E-state index in [4.69, 9.17) is 17.0 Å². The van der Waals surface area contributed by atoms with Crippen LogP contribution < -0.4 is 0 Å². The van der Waals surface area contributed by atoms with Crippen LogP contribution in [0.3, 0.4) is 0 Å². The first-order chi connectivity index (χ1) is 19.9. The fraction of sp³-hybridized carbons (Fsp3) is 0.385. The van der Waals surface area contributed by atoms with Gasteiger partial charge in [0.25, 0.3) is 0 Å². The molecule has 0 heterocycles. The van der Waals surface area contributed by atoms with Crippen molar-refractivity contribution in [3.05, 3.63) is 106 Å². The molecule has 0 aromatic heterocycles. The van der Waals surface area contributed by atoms with Crippen LogP contribution in [0.2, 0.25) is 0 Å². The van der Waals surface area contributed by atoms with E-state index in [2.05, 4.69) is 128 Å². The maximum absolute atomic E-state index is 4.93. The molecule has 0 fully saturated rings. The number of hydrogen-bond acceptors (Lipinski definition) is 0. The van der Waals surface area contributed by atoms with Gasteiger partial charge in [-0.2, -0.15) is 0 Å². The zero-order valence-corrected chi connectivity index (χ0v) is 30.7. The average Bonchev–Trinajstić information content (AvgIpc) is 3.29. The molecule has 0 unspecified atom stereocenters. The van der Waals surface area contributed by atoms with Crippen LogP contribution in [0.15, 0.2) is 72.8 Å². The molecule has 0 bridgehead atoms. The van der Waals surface area contributed by atoms with Crippen molar-refractivity contribution >= 4 is 17.0 Å². The van der Waals surface area contributed by atoms with Gasteiger partial charge >= 0.3 is 37.9 Å². The normalized spacial score (nSPS) is 12.3. The van der Waals surface area contributed by atoms with Gasteiger partial charge in [-0.3, -0.25) is 0 Å². The van der Waals surface area contributed by atoms with Gasteiger partial charge < -0.3 is 0 Å². The van der Waals surface area contributed by atoms with Crippen molar-refractivity contribution in [3.63, 3.8) is 0 Å². The number of fused-ring (bicyclic) bond motifs is 3. The number of aryl methyl sites for hydroxylation is 2. The minimum absolute atomic E-state index is 0.0539. The summed E-state index contributed by atoms with van der Waals surface area (Å²) in [5.41, 5.74) is 17.4. The van der Waals surface area contributed by atoms with E-state index in [1.165, 1.54) is 66.8 Å². The van der Waals surface area contributed by atoms with E-state index in [0.717, 1.165) is 32.1 Å². The summed E-state index contributed by atoms with van der Waals surface area (Å²) < 4.78 is 0. The third-order valence-corrected chi connectivity index (χ3v) is 8.43. The topological polar surface area (TPSA) is 0 Å². The molecule has 4 aromatic rings. The van der Waals surface area contributed by atoms with Crippen LogP contribution in [0, 0.1) is 0 Å². The van der Waals surface area contributed by atoms with Crippen LogP contribution in [0.1, 0.15) is 102 Å². The van der Waals surface area contributed by atoms with Crippen molar-refractivity contribution < 1.29 is 20.8 Å². The van der Waals surface area contributed by atoms with Crippen molar-refractivity contribution in [2.24, 2.45) is 0 Å². The fourth-order valence-electron chi connectivity index (χ4n) is 6.52. The van der Waals surface area contributed by atoms with Crippen molar-refractivity contribution in [2.45, 2.75) is 98.3 Å². The molecule has 0 N–H and O–H groups in total. The Morgan fingerprint density at radius 2 is 0.905 bits per heavy atom. The van der Waals surface area contributed by atoms with Gasteiger partial charge in [0.2, 0.25) is 0 Å².